The third-order valence-electron chi connectivity index (χ3n) is 3.06. The molecule has 5 heteroatoms. The summed E-state index contributed by atoms with van der Waals surface area (Å²) < 4.78 is 0. The second-order valence-corrected chi connectivity index (χ2v) is 4.96. The molecule has 5 nitrogen and oxygen atoms in total. The first kappa shape index (κ1) is 16.2. The zero-order chi connectivity index (χ0) is 15.0. The van der Waals surface area contributed by atoms with Crippen LogP contribution in [-0.4, -0.2) is 42.9 Å². The van der Waals surface area contributed by atoms with Crippen LogP contribution in [0.15, 0.2) is 30.3 Å². The fourth-order valence-corrected chi connectivity index (χ4v) is 1.55. The quantitative estimate of drug-likeness (QED) is 0.773. The summed E-state index contributed by atoms with van der Waals surface area (Å²) in [6.45, 7) is 4.72. The molecule has 0 unspecified atom stereocenters. The predicted molar refractivity (Wildman–Crippen MR) is 79.1 cm³/mol. The summed E-state index contributed by atoms with van der Waals surface area (Å²) in [7, 11) is 1.75. The first-order valence-corrected chi connectivity index (χ1v) is 6.77. The van der Waals surface area contributed by atoms with Gasteiger partial charge < -0.3 is 10.2 Å². The Hall–Kier alpha value is -1.88. The van der Waals surface area contributed by atoms with E-state index in [1.165, 1.54) is 0 Å². The van der Waals surface area contributed by atoms with Crippen LogP contribution in [0.3, 0.4) is 0 Å². The molecule has 20 heavy (non-hydrogen) atoms. The maximum absolute atomic E-state index is 11.7. The minimum atomic E-state index is -0.117. The van der Waals surface area contributed by atoms with Gasteiger partial charge in [-0.15, -0.1) is 0 Å². The number of benzene rings is 1. The molecule has 2 N–H and O–H groups in total. The Morgan fingerprint density at radius 2 is 1.80 bits per heavy atom. The van der Waals surface area contributed by atoms with Crippen LogP contribution in [0.25, 0.3) is 0 Å². The van der Waals surface area contributed by atoms with Crippen molar-refractivity contribution in [2.45, 2.75) is 26.4 Å². The number of likely N-dealkylation sites (N-methyl/N-ethyl adjacent to an activating group) is 1. The molecule has 0 radical (unpaired) electrons. The Morgan fingerprint density at radius 1 is 1.15 bits per heavy atom. The van der Waals surface area contributed by atoms with Crippen molar-refractivity contribution >= 4 is 11.8 Å². The lowest BCUT2D eigenvalue weighted by Crippen LogP contribution is -2.42. The first-order valence-electron chi connectivity index (χ1n) is 6.77. The van der Waals surface area contributed by atoms with Crippen molar-refractivity contribution in [1.82, 2.24) is 15.5 Å². The van der Waals surface area contributed by atoms with Gasteiger partial charge in [0.2, 0.25) is 11.8 Å². The molecule has 0 aliphatic rings. The van der Waals surface area contributed by atoms with Crippen LogP contribution < -0.4 is 10.6 Å². The molecule has 2 amide bonds. The van der Waals surface area contributed by atoms with Gasteiger partial charge in [-0.3, -0.25) is 14.9 Å². The number of carbonyl (C=O) groups is 2. The maximum atomic E-state index is 11.7. The van der Waals surface area contributed by atoms with Crippen molar-refractivity contribution in [3.05, 3.63) is 35.9 Å². The highest BCUT2D eigenvalue weighted by Crippen LogP contribution is 1.96. The summed E-state index contributed by atoms with van der Waals surface area (Å²) >= 11 is 0. The van der Waals surface area contributed by atoms with E-state index in [1.807, 2.05) is 44.2 Å². The number of nitrogens with one attached hydrogen (secondary N) is 2. The summed E-state index contributed by atoms with van der Waals surface area (Å²) in [4.78, 5) is 24.9. The number of carbonyl (C=O) groups excluding carboxylic acids is 2. The second-order valence-electron chi connectivity index (χ2n) is 4.96. The van der Waals surface area contributed by atoms with Gasteiger partial charge in [-0.2, -0.15) is 0 Å². The van der Waals surface area contributed by atoms with Gasteiger partial charge in [0.15, 0.2) is 0 Å². The van der Waals surface area contributed by atoms with Crippen LogP contribution in [0.5, 0.6) is 0 Å². The summed E-state index contributed by atoms with van der Waals surface area (Å²) in [6, 6.07) is 9.87. The van der Waals surface area contributed by atoms with Gasteiger partial charge in [0.1, 0.15) is 0 Å². The highest BCUT2D eigenvalue weighted by molar-refractivity contribution is 5.81. The van der Waals surface area contributed by atoms with Crippen LogP contribution in [-0.2, 0) is 16.1 Å². The van der Waals surface area contributed by atoms with Gasteiger partial charge in [0, 0.05) is 19.6 Å². The zero-order valence-electron chi connectivity index (χ0n) is 12.3. The normalized spacial score (nSPS) is 10.4. The van der Waals surface area contributed by atoms with Crippen molar-refractivity contribution < 1.29 is 9.59 Å². The Kier molecular flexibility index (Phi) is 6.73. The lowest BCUT2D eigenvalue weighted by atomic mass is 10.2. The van der Waals surface area contributed by atoms with E-state index in [4.69, 9.17) is 0 Å². The van der Waals surface area contributed by atoms with Gasteiger partial charge in [0.05, 0.1) is 13.1 Å². The Balaban J connectivity index is 2.19. The van der Waals surface area contributed by atoms with Crippen LogP contribution in [0.1, 0.15) is 19.4 Å². The third-order valence-corrected chi connectivity index (χ3v) is 3.06. The summed E-state index contributed by atoms with van der Waals surface area (Å²) in [6.07, 6.45) is 0. The van der Waals surface area contributed by atoms with Crippen LogP contribution in [0.4, 0.5) is 0 Å². The topological polar surface area (TPSA) is 61.4 Å². The van der Waals surface area contributed by atoms with E-state index in [-0.39, 0.29) is 30.9 Å². The minimum Gasteiger partial charge on any atom is -0.351 e. The van der Waals surface area contributed by atoms with E-state index in [0.717, 1.165) is 5.56 Å². The minimum absolute atomic E-state index is 0.0177. The van der Waals surface area contributed by atoms with Gasteiger partial charge in [-0.05, 0) is 19.4 Å². The molecular formula is C15H23N3O2. The van der Waals surface area contributed by atoms with Crippen molar-refractivity contribution in [3.8, 4) is 0 Å². The third kappa shape index (κ3) is 5.84. The number of rotatable bonds is 7. The van der Waals surface area contributed by atoms with Gasteiger partial charge in [0.25, 0.3) is 0 Å². The molecule has 1 aromatic carbocycles. The predicted octanol–water partition coefficient (Wildman–Crippen LogP) is 0.759. The van der Waals surface area contributed by atoms with E-state index in [1.54, 1.807) is 11.9 Å². The summed E-state index contributed by atoms with van der Waals surface area (Å²) in [5.74, 6) is -0.135. The smallest absolute Gasteiger partial charge is 0.236 e. The monoisotopic (exact) mass is 277 g/mol. The van der Waals surface area contributed by atoms with Gasteiger partial charge in [-0.25, -0.2) is 0 Å². The zero-order valence-corrected chi connectivity index (χ0v) is 12.3. The summed E-state index contributed by atoms with van der Waals surface area (Å²) in [5.41, 5.74) is 1.05. The lowest BCUT2D eigenvalue weighted by molar-refractivity contribution is -0.130. The molecule has 0 spiro atoms. The van der Waals surface area contributed by atoms with Crippen molar-refractivity contribution in [1.29, 1.82) is 0 Å². The molecule has 0 atom stereocenters. The molecule has 110 valence electrons. The van der Waals surface area contributed by atoms with Crippen molar-refractivity contribution in [2.75, 3.05) is 20.1 Å². The molecule has 0 saturated carbocycles. The van der Waals surface area contributed by atoms with Crippen LogP contribution in [0.2, 0.25) is 0 Å². The molecule has 0 fully saturated rings. The van der Waals surface area contributed by atoms with Crippen molar-refractivity contribution in [2.24, 2.45) is 0 Å². The van der Waals surface area contributed by atoms with Crippen LogP contribution >= 0.6 is 0 Å². The average molecular weight is 277 g/mol. The summed E-state index contributed by atoms with van der Waals surface area (Å²) in [5, 5.41) is 5.65. The molecule has 0 saturated heterocycles. The van der Waals surface area contributed by atoms with E-state index in [9.17, 15) is 9.59 Å². The highest BCUT2D eigenvalue weighted by atomic mass is 16.2. The molecule has 0 heterocycles. The SMILES string of the molecule is CC(C)N(C)C(=O)CNCC(=O)NCc1ccccc1. The Morgan fingerprint density at radius 3 is 2.40 bits per heavy atom. The molecule has 0 aromatic heterocycles. The molecule has 0 bridgehead atoms. The molecule has 0 aliphatic carbocycles. The van der Waals surface area contributed by atoms with E-state index in [2.05, 4.69) is 10.6 Å². The van der Waals surface area contributed by atoms with Crippen LogP contribution in [0, 0.1) is 0 Å². The standard InChI is InChI=1S/C15H23N3O2/c1-12(2)18(3)15(20)11-16-10-14(19)17-9-13-7-5-4-6-8-13/h4-8,12,16H,9-11H2,1-3H3,(H,17,19). The van der Waals surface area contributed by atoms with E-state index >= 15 is 0 Å². The lowest BCUT2D eigenvalue weighted by Gasteiger charge is -2.21. The second kappa shape index (κ2) is 8.32. The molecule has 0 aliphatic heterocycles. The Labute approximate surface area is 120 Å². The fourth-order valence-electron chi connectivity index (χ4n) is 1.55. The highest BCUT2D eigenvalue weighted by Gasteiger charge is 2.11. The van der Waals surface area contributed by atoms with E-state index < -0.39 is 0 Å². The first-order chi connectivity index (χ1) is 9.50. The fraction of sp³-hybridized carbons (Fsp3) is 0.467. The van der Waals surface area contributed by atoms with Gasteiger partial charge >= 0.3 is 0 Å². The molecular weight excluding hydrogens is 254 g/mol. The Bertz CT molecular complexity index is 432. The largest absolute Gasteiger partial charge is 0.351 e. The number of hydrogen-bond acceptors (Lipinski definition) is 3. The number of amides is 2. The average Bonchev–Trinajstić information content (AvgIpc) is 2.45. The number of nitrogens with zero attached hydrogens (tertiary/aromatic N) is 1. The van der Waals surface area contributed by atoms with Crippen molar-refractivity contribution in [3.63, 3.8) is 0 Å². The number of hydrogen-bond donors (Lipinski definition) is 2. The van der Waals surface area contributed by atoms with Gasteiger partial charge in [-0.1, -0.05) is 30.3 Å². The molecule has 1 rings (SSSR count). The maximum Gasteiger partial charge on any atom is 0.236 e. The molecule has 1 aromatic rings. The van der Waals surface area contributed by atoms with E-state index in [0.29, 0.717) is 6.54 Å².